The summed E-state index contributed by atoms with van der Waals surface area (Å²) in [5.74, 6) is 0.572. The average Bonchev–Trinajstić information content (AvgIpc) is 2.42. The van der Waals surface area contributed by atoms with Crippen molar-refractivity contribution in [2.24, 2.45) is 5.92 Å². The van der Waals surface area contributed by atoms with Crippen molar-refractivity contribution in [1.82, 2.24) is 5.32 Å². The molecule has 2 rings (SSSR count). The standard InChI is InChI=1S/C19H25N/c1-14(2)19(17-8-6-5-7-9-17)20-13-18-11-10-15(3)12-16(18)4/h5-12,14,19-20H,13H2,1-4H3. The van der Waals surface area contributed by atoms with Crippen LogP contribution in [0.2, 0.25) is 0 Å². The predicted octanol–water partition coefficient (Wildman–Crippen LogP) is 4.79. The van der Waals surface area contributed by atoms with Crippen LogP contribution in [0.5, 0.6) is 0 Å². The van der Waals surface area contributed by atoms with E-state index in [1.165, 1.54) is 22.3 Å². The number of aryl methyl sites for hydroxylation is 2. The Bertz CT molecular complexity index is 543. The maximum atomic E-state index is 3.71. The molecule has 0 aliphatic heterocycles. The van der Waals surface area contributed by atoms with Crippen LogP contribution in [0.3, 0.4) is 0 Å². The zero-order valence-electron chi connectivity index (χ0n) is 13.0. The summed E-state index contributed by atoms with van der Waals surface area (Å²) in [5, 5.41) is 3.71. The number of benzene rings is 2. The van der Waals surface area contributed by atoms with E-state index in [0.717, 1.165) is 6.54 Å². The molecule has 0 saturated carbocycles. The van der Waals surface area contributed by atoms with E-state index < -0.39 is 0 Å². The Morgan fingerprint density at radius 3 is 2.25 bits per heavy atom. The number of nitrogens with one attached hydrogen (secondary N) is 1. The minimum atomic E-state index is 0.400. The van der Waals surface area contributed by atoms with Gasteiger partial charge in [-0.05, 0) is 36.5 Å². The Kier molecular flexibility index (Phi) is 4.97. The van der Waals surface area contributed by atoms with Gasteiger partial charge in [0, 0.05) is 12.6 Å². The molecule has 0 spiro atoms. The Morgan fingerprint density at radius 2 is 1.65 bits per heavy atom. The smallest absolute Gasteiger partial charge is 0.0346 e. The molecule has 1 atom stereocenters. The summed E-state index contributed by atoms with van der Waals surface area (Å²) in [6.07, 6.45) is 0. The quantitative estimate of drug-likeness (QED) is 0.821. The maximum Gasteiger partial charge on any atom is 0.0346 e. The highest BCUT2D eigenvalue weighted by Crippen LogP contribution is 2.22. The predicted molar refractivity (Wildman–Crippen MR) is 86.8 cm³/mol. The van der Waals surface area contributed by atoms with E-state index in [-0.39, 0.29) is 0 Å². The molecule has 0 bridgehead atoms. The van der Waals surface area contributed by atoms with Crippen LogP contribution in [0, 0.1) is 19.8 Å². The molecule has 1 unspecified atom stereocenters. The zero-order valence-corrected chi connectivity index (χ0v) is 13.0. The second kappa shape index (κ2) is 6.71. The zero-order chi connectivity index (χ0) is 14.5. The summed E-state index contributed by atoms with van der Waals surface area (Å²) in [5.41, 5.74) is 5.45. The van der Waals surface area contributed by atoms with Gasteiger partial charge in [0.05, 0.1) is 0 Å². The van der Waals surface area contributed by atoms with Crippen molar-refractivity contribution >= 4 is 0 Å². The second-order valence-electron chi connectivity index (χ2n) is 5.94. The molecule has 1 nitrogen and oxygen atoms in total. The Morgan fingerprint density at radius 1 is 0.950 bits per heavy atom. The first kappa shape index (κ1) is 14.8. The largest absolute Gasteiger partial charge is 0.306 e. The SMILES string of the molecule is Cc1ccc(CNC(c2ccccc2)C(C)C)c(C)c1. The molecule has 0 aliphatic rings. The summed E-state index contributed by atoms with van der Waals surface area (Å²) < 4.78 is 0. The maximum absolute atomic E-state index is 3.71. The topological polar surface area (TPSA) is 12.0 Å². The van der Waals surface area contributed by atoms with Gasteiger partial charge in [0.15, 0.2) is 0 Å². The van der Waals surface area contributed by atoms with E-state index in [0.29, 0.717) is 12.0 Å². The fourth-order valence-electron chi connectivity index (χ4n) is 2.66. The summed E-state index contributed by atoms with van der Waals surface area (Å²) in [4.78, 5) is 0. The third-order valence-electron chi connectivity index (χ3n) is 3.84. The molecule has 1 N–H and O–H groups in total. The minimum absolute atomic E-state index is 0.400. The van der Waals surface area contributed by atoms with Gasteiger partial charge in [-0.15, -0.1) is 0 Å². The van der Waals surface area contributed by atoms with Crippen molar-refractivity contribution < 1.29 is 0 Å². The normalized spacial score (nSPS) is 12.7. The van der Waals surface area contributed by atoms with Gasteiger partial charge in [-0.3, -0.25) is 0 Å². The Labute approximate surface area is 123 Å². The van der Waals surface area contributed by atoms with Gasteiger partial charge in [0.2, 0.25) is 0 Å². The molecule has 2 aromatic rings. The molecule has 0 saturated heterocycles. The van der Waals surface area contributed by atoms with E-state index in [4.69, 9.17) is 0 Å². The van der Waals surface area contributed by atoms with Crippen LogP contribution in [-0.2, 0) is 6.54 Å². The molecule has 0 radical (unpaired) electrons. The Hall–Kier alpha value is -1.60. The van der Waals surface area contributed by atoms with Crippen molar-refractivity contribution in [2.45, 2.75) is 40.3 Å². The van der Waals surface area contributed by atoms with Gasteiger partial charge in [-0.1, -0.05) is 67.9 Å². The Balaban J connectivity index is 2.10. The monoisotopic (exact) mass is 267 g/mol. The van der Waals surface area contributed by atoms with Crippen LogP contribution in [0.4, 0.5) is 0 Å². The molecule has 20 heavy (non-hydrogen) atoms. The third kappa shape index (κ3) is 3.71. The lowest BCUT2D eigenvalue weighted by Gasteiger charge is -2.23. The molecule has 0 heterocycles. The van der Waals surface area contributed by atoms with Crippen LogP contribution >= 0.6 is 0 Å². The first-order valence-electron chi connectivity index (χ1n) is 7.42. The van der Waals surface area contributed by atoms with E-state index in [2.05, 4.69) is 81.5 Å². The lowest BCUT2D eigenvalue weighted by Crippen LogP contribution is -2.25. The first-order valence-corrected chi connectivity index (χ1v) is 7.42. The molecule has 2 aromatic carbocycles. The van der Waals surface area contributed by atoms with Crippen molar-refractivity contribution in [2.75, 3.05) is 0 Å². The van der Waals surface area contributed by atoms with Gasteiger partial charge in [-0.2, -0.15) is 0 Å². The van der Waals surface area contributed by atoms with E-state index in [1.807, 2.05) is 0 Å². The van der Waals surface area contributed by atoms with Crippen molar-refractivity contribution in [1.29, 1.82) is 0 Å². The fraction of sp³-hybridized carbons (Fsp3) is 0.368. The van der Waals surface area contributed by atoms with Crippen LogP contribution in [0.15, 0.2) is 48.5 Å². The van der Waals surface area contributed by atoms with Crippen molar-refractivity contribution in [3.63, 3.8) is 0 Å². The molecule has 0 fully saturated rings. The lowest BCUT2D eigenvalue weighted by molar-refractivity contribution is 0.410. The first-order chi connectivity index (χ1) is 9.58. The summed E-state index contributed by atoms with van der Waals surface area (Å²) >= 11 is 0. The average molecular weight is 267 g/mol. The molecule has 0 aromatic heterocycles. The molecule has 1 heteroatoms. The molecule has 106 valence electrons. The lowest BCUT2D eigenvalue weighted by atomic mass is 9.95. The van der Waals surface area contributed by atoms with Crippen molar-refractivity contribution in [3.05, 3.63) is 70.8 Å². The molecular formula is C19H25N. The van der Waals surface area contributed by atoms with E-state index in [9.17, 15) is 0 Å². The van der Waals surface area contributed by atoms with Gasteiger partial charge >= 0.3 is 0 Å². The molecular weight excluding hydrogens is 242 g/mol. The molecule has 0 aliphatic carbocycles. The van der Waals surface area contributed by atoms with Crippen LogP contribution in [0.1, 0.15) is 42.1 Å². The summed E-state index contributed by atoms with van der Waals surface area (Å²) in [6, 6.07) is 17.8. The van der Waals surface area contributed by atoms with Crippen LogP contribution in [-0.4, -0.2) is 0 Å². The van der Waals surface area contributed by atoms with Crippen LogP contribution in [0.25, 0.3) is 0 Å². The number of rotatable bonds is 5. The summed E-state index contributed by atoms with van der Waals surface area (Å²) in [7, 11) is 0. The van der Waals surface area contributed by atoms with E-state index >= 15 is 0 Å². The third-order valence-corrected chi connectivity index (χ3v) is 3.84. The minimum Gasteiger partial charge on any atom is -0.306 e. The summed E-state index contributed by atoms with van der Waals surface area (Å²) in [6.45, 7) is 9.80. The van der Waals surface area contributed by atoms with Crippen LogP contribution < -0.4 is 5.32 Å². The second-order valence-corrected chi connectivity index (χ2v) is 5.94. The van der Waals surface area contributed by atoms with Gasteiger partial charge < -0.3 is 5.32 Å². The number of hydrogen-bond acceptors (Lipinski definition) is 1. The van der Waals surface area contributed by atoms with E-state index in [1.54, 1.807) is 0 Å². The fourth-order valence-corrected chi connectivity index (χ4v) is 2.66. The highest BCUT2D eigenvalue weighted by Gasteiger charge is 2.14. The van der Waals surface area contributed by atoms with Gasteiger partial charge in [0.25, 0.3) is 0 Å². The highest BCUT2D eigenvalue weighted by molar-refractivity contribution is 5.30. The van der Waals surface area contributed by atoms with Gasteiger partial charge in [-0.25, -0.2) is 0 Å². The number of hydrogen-bond donors (Lipinski definition) is 1. The van der Waals surface area contributed by atoms with Gasteiger partial charge in [0.1, 0.15) is 0 Å². The highest BCUT2D eigenvalue weighted by atomic mass is 14.9. The van der Waals surface area contributed by atoms with Crippen molar-refractivity contribution in [3.8, 4) is 0 Å². The molecule has 0 amide bonds.